The normalized spacial score (nSPS) is 11.5. The first-order valence-corrected chi connectivity index (χ1v) is 10.5. The number of nitrogens with one attached hydrogen (secondary N) is 1. The van der Waals surface area contributed by atoms with Crippen molar-refractivity contribution in [1.29, 1.82) is 0 Å². The van der Waals surface area contributed by atoms with E-state index in [-0.39, 0.29) is 23.8 Å². The van der Waals surface area contributed by atoms with Gasteiger partial charge >= 0.3 is 0 Å². The fraction of sp³-hybridized carbons (Fsp3) is 0.267. The summed E-state index contributed by atoms with van der Waals surface area (Å²) in [7, 11) is -1.95. The second-order valence-corrected chi connectivity index (χ2v) is 9.54. The molecule has 1 amide bonds. The van der Waals surface area contributed by atoms with Crippen LogP contribution in [0.4, 0.5) is 0 Å². The summed E-state index contributed by atoms with van der Waals surface area (Å²) in [6.07, 6.45) is 0.0862. The van der Waals surface area contributed by atoms with Crippen LogP contribution in [0.15, 0.2) is 45.8 Å². The van der Waals surface area contributed by atoms with E-state index in [1.54, 1.807) is 30.1 Å². The van der Waals surface area contributed by atoms with Gasteiger partial charge < -0.3 is 4.90 Å². The van der Waals surface area contributed by atoms with E-state index < -0.39 is 10.0 Å². The zero-order chi connectivity index (χ0) is 17.7. The molecule has 2 aromatic rings. The molecule has 0 saturated carbocycles. The summed E-state index contributed by atoms with van der Waals surface area (Å²) in [4.78, 5) is 14.8. The molecule has 1 heterocycles. The molecule has 2 rings (SSSR count). The maximum atomic E-state index is 12.2. The van der Waals surface area contributed by atoms with Gasteiger partial charge in [0.25, 0.3) is 0 Å². The minimum atomic E-state index is -3.63. The number of nitrogens with zero attached hydrogens (tertiary/aromatic N) is 1. The van der Waals surface area contributed by atoms with Crippen LogP contribution in [0.1, 0.15) is 11.3 Å². The van der Waals surface area contributed by atoms with Gasteiger partial charge in [0.2, 0.25) is 15.9 Å². The molecule has 0 radical (unpaired) electrons. The van der Waals surface area contributed by atoms with Crippen molar-refractivity contribution in [3.05, 3.63) is 50.1 Å². The maximum Gasteiger partial charge on any atom is 0.240 e. The second kappa shape index (κ2) is 8.44. The van der Waals surface area contributed by atoms with Gasteiger partial charge in [-0.2, -0.15) is 0 Å². The van der Waals surface area contributed by atoms with Gasteiger partial charge in [-0.15, -0.1) is 11.3 Å². The van der Waals surface area contributed by atoms with Gasteiger partial charge in [-0.3, -0.25) is 4.79 Å². The number of thiophene rings is 1. The number of carbonyl (C=O) groups excluding carboxylic acids is 1. The Bertz CT molecular complexity index is 824. The van der Waals surface area contributed by atoms with Crippen LogP contribution in [0.3, 0.4) is 0 Å². The highest BCUT2D eigenvalue weighted by atomic mass is 79.9. The van der Waals surface area contributed by atoms with Gasteiger partial charge in [-0.05, 0) is 30.3 Å². The number of halogens is 2. The van der Waals surface area contributed by atoms with Crippen LogP contribution in [-0.2, 0) is 21.4 Å². The van der Waals surface area contributed by atoms with E-state index in [9.17, 15) is 13.2 Å². The van der Waals surface area contributed by atoms with E-state index >= 15 is 0 Å². The SMILES string of the molecule is CN(Cc1ccc(Cl)s1)C(=O)CCNS(=O)(=O)c1cccc(Br)c1. The molecule has 0 aliphatic rings. The number of rotatable bonds is 7. The first-order valence-electron chi connectivity index (χ1n) is 7.01. The standard InChI is InChI=1S/C15H16BrClN2O3S2/c1-19(10-12-5-6-14(17)23-12)15(20)7-8-18-24(21,22)13-4-2-3-11(16)9-13/h2-6,9,18H,7-8,10H2,1H3. The largest absolute Gasteiger partial charge is 0.341 e. The molecular weight excluding hydrogens is 436 g/mol. The summed E-state index contributed by atoms with van der Waals surface area (Å²) >= 11 is 10.5. The summed E-state index contributed by atoms with van der Waals surface area (Å²) in [5.74, 6) is -0.142. The van der Waals surface area contributed by atoms with Crippen molar-refractivity contribution >= 4 is 54.8 Å². The third-order valence-corrected chi connectivity index (χ3v) is 6.35. The number of sulfonamides is 1. The van der Waals surface area contributed by atoms with E-state index in [1.165, 1.54) is 23.5 Å². The third-order valence-electron chi connectivity index (χ3n) is 3.18. The lowest BCUT2D eigenvalue weighted by molar-refractivity contribution is -0.130. The van der Waals surface area contributed by atoms with Crippen LogP contribution in [0, 0.1) is 0 Å². The van der Waals surface area contributed by atoms with E-state index in [2.05, 4.69) is 20.7 Å². The van der Waals surface area contributed by atoms with Crippen LogP contribution in [0.5, 0.6) is 0 Å². The summed E-state index contributed by atoms with van der Waals surface area (Å²) in [6.45, 7) is 0.498. The first kappa shape index (κ1) is 19.4. The number of benzene rings is 1. The molecule has 1 aromatic carbocycles. The summed E-state index contributed by atoms with van der Waals surface area (Å²) in [6, 6.07) is 10.1. The fourth-order valence-corrected chi connectivity index (χ4v) is 4.73. The highest BCUT2D eigenvalue weighted by molar-refractivity contribution is 9.10. The van der Waals surface area contributed by atoms with Crippen molar-refractivity contribution in [3.8, 4) is 0 Å². The summed E-state index contributed by atoms with van der Waals surface area (Å²) < 4.78 is 28.1. The van der Waals surface area contributed by atoms with Gasteiger partial charge in [0.1, 0.15) is 0 Å². The Morgan fingerprint density at radius 1 is 1.33 bits per heavy atom. The van der Waals surface area contributed by atoms with Crippen molar-refractivity contribution in [3.63, 3.8) is 0 Å². The van der Waals surface area contributed by atoms with Crippen molar-refractivity contribution in [1.82, 2.24) is 9.62 Å². The monoisotopic (exact) mass is 450 g/mol. The lowest BCUT2D eigenvalue weighted by Gasteiger charge is -2.16. The van der Waals surface area contributed by atoms with E-state index in [0.29, 0.717) is 15.4 Å². The topological polar surface area (TPSA) is 66.5 Å². The predicted octanol–water partition coefficient (Wildman–Crippen LogP) is 3.49. The van der Waals surface area contributed by atoms with Crippen LogP contribution < -0.4 is 4.72 Å². The minimum absolute atomic E-state index is 0.0449. The minimum Gasteiger partial charge on any atom is -0.341 e. The molecular formula is C15H16BrClN2O3S2. The van der Waals surface area contributed by atoms with Gasteiger partial charge in [0.05, 0.1) is 15.8 Å². The molecule has 0 fully saturated rings. The Hall–Kier alpha value is -0.930. The smallest absolute Gasteiger partial charge is 0.240 e. The average molecular weight is 452 g/mol. The van der Waals surface area contributed by atoms with Crippen molar-refractivity contribution in [2.75, 3.05) is 13.6 Å². The van der Waals surface area contributed by atoms with Crippen molar-refractivity contribution in [2.45, 2.75) is 17.9 Å². The molecule has 0 atom stereocenters. The molecule has 0 aliphatic carbocycles. The molecule has 0 saturated heterocycles. The number of hydrogen-bond donors (Lipinski definition) is 1. The second-order valence-electron chi connectivity index (χ2n) is 5.06. The zero-order valence-corrected chi connectivity index (χ0v) is 16.8. The van der Waals surface area contributed by atoms with E-state index in [0.717, 1.165) is 4.88 Å². The van der Waals surface area contributed by atoms with Gasteiger partial charge in [0, 0.05) is 29.4 Å². The van der Waals surface area contributed by atoms with Gasteiger partial charge in [-0.25, -0.2) is 13.1 Å². The van der Waals surface area contributed by atoms with Gasteiger partial charge in [-0.1, -0.05) is 33.6 Å². The number of amides is 1. The molecule has 130 valence electrons. The van der Waals surface area contributed by atoms with Crippen LogP contribution in [0.2, 0.25) is 4.34 Å². The van der Waals surface area contributed by atoms with E-state index in [1.807, 2.05) is 6.07 Å². The molecule has 5 nitrogen and oxygen atoms in total. The molecule has 9 heteroatoms. The zero-order valence-electron chi connectivity index (χ0n) is 12.8. The summed E-state index contributed by atoms with van der Waals surface area (Å²) in [5.41, 5.74) is 0. The van der Waals surface area contributed by atoms with Crippen molar-refractivity contribution in [2.24, 2.45) is 0 Å². The van der Waals surface area contributed by atoms with Crippen molar-refractivity contribution < 1.29 is 13.2 Å². The van der Waals surface area contributed by atoms with Gasteiger partial charge in [0.15, 0.2) is 0 Å². The van der Waals surface area contributed by atoms with Crippen LogP contribution >= 0.6 is 38.9 Å². The molecule has 0 unspecified atom stereocenters. The van der Waals surface area contributed by atoms with E-state index in [4.69, 9.17) is 11.6 Å². The molecule has 24 heavy (non-hydrogen) atoms. The number of carbonyl (C=O) groups is 1. The Balaban J connectivity index is 1.85. The first-order chi connectivity index (χ1) is 11.3. The molecule has 1 aromatic heterocycles. The molecule has 0 spiro atoms. The maximum absolute atomic E-state index is 12.2. The van der Waals surface area contributed by atoms with Crippen LogP contribution in [0.25, 0.3) is 0 Å². The Labute approximate surface area is 158 Å². The fourth-order valence-electron chi connectivity index (χ4n) is 1.96. The lowest BCUT2D eigenvalue weighted by atomic mass is 10.3. The quantitative estimate of drug-likeness (QED) is 0.701. The Morgan fingerprint density at radius 2 is 2.08 bits per heavy atom. The average Bonchev–Trinajstić information content (AvgIpc) is 2.92. The predicted molar refractivity (Wildman–Crippen MR) is 99.8 cm³/mol. The van der Waals surface area contributed by atoms with Crippen LogP contribution in [-0.4, -0.2) is 32.8 Å². The molecule has 1 N–H and O–H groups in total. The molecule has 0 bridgehead atoms. The third kappa shape index (κ3) is 5.56. The highest BCUT2D eigenvalue weighted by Gasteiger charge is 2.16. The Morgan fingerprint density at radius 3 is 2.71 bits per heavy atom. The Kier molecular flexibility index (Phi) is 6.82. The number of hydrogen-bond acceptors (Lipinski definition) is 4. The molecule has 0 aliphatic heterocycles. The lowest BCUT2D eigenvalue weighted by Crippen LogP contribution is -2.31. The highest BCUT2D eigenvalue weighted by Crippen LogP contribution is 2.22. The summed E-state index contributed by atoms with van der Waals surface area (Å²) in [5, 5.41) is 0.